The van der Waals surface area contributed by atoms with Crippen LogP contribution < -0.4 is 5.73 Å². The van der Waals surface area contributed by atoms with Crippen molar-refractivity contribution in [3.8, 4) is 0 Å². The number of anilines is 1. The molecule has 0 saturated carbocycles. The zero-order valence-corrected chi connectivity index (χ0v) is 9.92. The SMILES string of the molecule is Nc1ncnc2c1ccn2[C@@H]1OC(CO)[C@@H](O)[C@H]1O. The van der Waals surface area contributed by atoms with E-state index >= 15 is 0 Å². The summed E-state index contributed by atoms with van der Waals surface area (Å²) in [4.78, 5) is 7.97. The van der Waals surface area contributed by atoms with Gasteiger partial charge in [-0.25, -0.2) is 9.97 Å². The second-order valence-corrected chi connectivity index (χ2v) is 4.45. The average molecular weight is 266 g/mol. The second kappa shape index (κ2) is 4.42. The van der Waals surface area contributed by atoms with Crippen molar-refractivity contribution in [2.45, 2.75) is 24.5 Å². The van der Waals surface area contributed by atoms with Gasteiger partial charge in [0.15, 0.2) is 6.23 Å². The van der Waals surface area contributed by atoms with Crippen molar-refractivity contribution in [2.24, 2.45) is 0 Å². The Bertz CT molecular complexity index is 601. The Kier molecular flexibility index (Phi) is 2.86. The summed E-state index contributed by atoms with van der Waals surface area (Å²) < 4.78 is 7.01. The molecule has 0 aromatic carbocycles. The minimum absolute atomic E-state index is 0.329. The Labute approximate surface area is 108 Å². The van der Waals surface area contributed by atoms with E-state index in [1.54, 1.807) is 16.8 Å². The topological polar surface area (TPSA) is 127 Å². The fourth-order valence-corrected chi connectivity index (χ4v) is 2.31. The molecule has 1 aliphatic rings. The van der Waals surface area contributed by atoms with Crippen LogP contribution in [0.5, 0.6) is 0 Å². The first kappa shape index (κ1) is 12.3. The van der Waals surface area contributed by atoms with Gasteiger partial charge in [-0.2, -0.15) is 0 Å². The molecule has 2 aromatic heterocycles. The highest BCUT2D eigenvalue weighted by molar-refractivity contribution is 5.86. The maximum atomic E-state index is 9.98. The van der Waals surface area contributed by atoms with E-state index in [-0.39, 0.29) is 6.61 Å². The van der Waals surface area contributed by atoms with E-state index in [9.17, 15) is 10.2 Å². The summed E-state index contributed by atoms with van der Waals surface area (Å²) in [6.45, 7) is -0.370. The Morgan fingerprint density at radius 1 is 1.32 bits per heavy atom. The van der Waals surface area contributed by atoms with Gasteiger partial charge in [0.1, 0.15) is 36.1 Å². The molecule has 0 amide bonds. The van der Waals surface area contributed by atoms with Gasteiger partial charge in [-0.1, -0.05) is 0 Å². The molecule has 1 saturated heterocycles. The number of hydrogen-bond donors (Lipinski definition) is 4. The molecule has 102 valence electrons. The van der Waals surface area contributed by atoms with Gasteiger partial charge in [0.2, 0.25) is 0 Å². The summed E-state index contributed by atoms with van der Waals surface area (Å²) in [5.41, 5.74) is 6.23. The summed E-state index contributed by atoms with van der Waals surface area (Å²) in [5.74, 6) is 0.329. The lowest BCUT2D eigenvalue weighted by Gasteiger charge is -2.17. The molecule has 19 heavy (non-hydrogen) atoms. The van der Waals surface area contributed by atoms with Gasteiger partial charge >= 0.3 is 0 Å². The fraction of sp³-hybridized carbons (Fsp3) is 0.455. The van der Waals surface area contributed by atoms with E-state index in [1.807, 2.05) is 0 Å². The van der Waals surface area contributed by atoms with Crippen LogP contribution in [-0.2, 0) is 4.74 Å². The molecule has 3 heterocycles. The number of aliphatic hydroxyl groups excluding tert-OH is 3. The van der Waals surface area contributed by atoms with Crippen molar-refractivity contribution in [1.29, 1.82) is 0 Å². The third-order valence-electron chi connectivity index (χ3n) is 3.33. The third kappa shape index (κ3) is 1.77. The quantitative estimate of drug-likeness (QED) is 0.528. The van der Waals surface area contributed by atoms with Crippen LogP contribution in [0.2, 0.25) is 0 Å². The van der Waals surface area contributed by atoms with E-state index in [1.165, 1.54) is 6.33 Å². The zero-order valence-electron chi connectivity index (χ0n) is 9.92. The van der Waals surface area contributed by atoms with Crippen molar-refractivity contribution in [3.05, 3.63) is 18.6 Å². The molecular formula is C11H14N4O4. The zero-order chi connectivity index (χ0) is 13.6. The molecule has 1 aliphatic heterocycles. The smallest absolute Gasteiger partial charge is 0.164 e. The van der Waals surface area contributed by atoms with Crippen LogP contribution in [-0.4, -0.2) is 54.8 Å². The second-order valence-electron chi connectivity index (χ2n) is 4.45. The standard InChI is InChI=1S/C11H14N4O4/c12-9-5-1-2-15(10(5)14-4-13-9)11-8(18)7(17)6(3-16)19-11/h1-2,4,6-8,11,16-18H,3H2,(H2,12,13,14)/t6?,7-,8-,11-/m1/s1. The Morgan fingerprint density at radius 2 is 2.11 bits per heavy atom. The highest BCUT2D eigenvalue weighted by atomic mass is 16.6. The van der Waals surface area contributed by atoms with Gasteiger partial charge < -0.3 is 30.4 Å². The van der Waals surface area contributed by atoms with Gasteiger partial charge in [0, 0.05) is 6.20 Å². The summed E-state index contributed by atoms with van der Waals surface area (Å²) >= 11 is 0. The lowest BCUT2D eigenvalue weighted by Crippen LogP contribution is -2.33. The molecule has 3 rings (SSSR count). The first-order valence-corrected chi connectivity index (χ1v) is 5.83. The van der Waals surface area contributed by atoms with Crippen molar-refractivity contribution in [3.63, 3.8) is 0 Å². The average Bonchev–Trinajstić information content (AvgIpc) is 2.94. The number of nitrogen functional groups attached to an aromatic ring is 1. The van der Waals surface area contributed by atoms with Crippen LogP contribution in [0.1, 0.15) is 6.23 Å². The van der Waals surface area contributed by atoms with E-state index < -0.39 is 24.5 Å². The number of aliphatic hydroxyl groups is 3. The largest absolute Gasteiger partial charge is 0.394 e. The number of nitrogens with two attached hydrogens (primary N) is 1. The molecule has 5 N–H and O–H groups in total. The summed E-state index contributed by atoms with van der Waals surface area (Å²) in [7, 11) is 0. The highest BCUT2D eigenvalue weighted by Crippen LogP contribution is 2.32. The Balaban J connectivity index is 2.04. The third-order valence-corrected chi connectivity index (χ3v) is 3.33. The molecular weight excluding hydrogens is 252 g/mol. The van der Waals surface area contributed by atoms with Crippen molar-refractivity contribution >= 4 is 16.9 Å². The van der Waals surface area contributed by atoms with Crippen molar-refractivity contribution in [2.75, 3.05) is 12.3 Å². The van der Waals surface area contributed by atoms with E-state index in [4.69, 9.17) is 15.6 Å². The maximum Gasteiger partial charge on any atom is 0.164 e. The highest BCUT2D eigenvalue weighted by Gasteiger charge is 2.43. The van der Waals surface area contributed by atoms with Crippen molar-refractivity contribution < 1.29 is 20.1 Å². The van der Waals surface area contributed by atoms with Crippen molar-refractivity contribution in [1.82, 2.24) is 14.5 Å². The summed E-state index contributed by atoms with van der Waals surface area (Å²) in [6, 6.07) is 1.71. The molecule has 0 radical (unpaired) electrons. The molecule has 0 aliphatic carbocycles. The summed E-state index contributed by atoms with van der Waals surface area (Å²) in [5, 5.41) is 29.4. The van der Waals surface area contributed by atoms with Crippen LogP contribution in [0.3, 0.4) is 0 Å². The molecule has 1 unspecified atom stereocenters. The molecule has 4 atom stereocenters. The van der Waals surface area contributed by atoms with Gasteiger partial charge in [-0.15, -0.1) is 0 Å². The molecule has 0 bridgehead atoms. The predicted octanol–water partition coefficient (Wildman–Crippen LogP) is -1.38. The Morgan fingerprint density at radius 3 is 2.79 bits per heavy atom. The van der Waals surface area contributed by atoms with E-state index in [0.29, 0.717) is 16.9 Å². The minimum Gasteiger partial charge on any atom is -0.394 e. The predicted molar refractivity (Wildman–Crippen MR) is 64.9 cm³/mol. The van der Waals surface area contributed by atoms with Crippen LogP contribution in [0.4, 0.5) is 5.82 Å². The first-order chi connectivity index (χ1) is 9.13. The monoisotopic (exact) mass is 266 g/mol. The number of ether oxygens (including phenoxy) is 1. The molecule has 8 heteroatoms. The molecule has 0 spiro atoms. The molecule has 1 fully saturated rings. The van der Waals surface area contributed by atoms with Gasteiger partial charge in [-0.05, 0) is 6.07 Å². The number of nitrogens with zero attached hydrogens (tertiary/aromatic N) is 3. The maximum absolute atomic E-state index is 9.98. The fourth-order valence-electron chi connectivity index (χ4n) is 2.31. The van der Waals surface area contributed by atoms with Gasteiger partial charge in [0.25, 0.3) is 0 Å². The van der Waals surface area contributed by atoms with Gasteiger partial charge in [0.05, 0.1) is 12.0 Å². The van der Waals surface area contributed by atoms with Crippen LogP contribution in [0.25, 0.3) is 11.0 Å². The normalized spacial score (nSPS) is 31.1. The number of rotatable bonds is 2. The number of aromatic nitrogens is 3. The number of hydrogen-bond acceptors (Lipinski definition) is 7. The van der Waals surface area contributed by atoms with Gasteiger partial charge in [-0.3, -0.25) is 0 Å². The lowest BCUT2D eigenvalue weighted by molar-refractivity contribution is -0.0508. The van der Waals surface area contributed by atoms with Crippen LogP contribution in [0, 0.1) is 0 Å². The number of fused-ring (bicyclic) bond motifs is 1. The van der Waals surface area contributed by atoms with Crippen LogP contribution >= 0.6 is 0 Å². The molecule has 2 aromatic rings. The molecule has 8 nitrogen and oxygen atoms in total. The lowest BCUT2D eigenvalue weighted by atomic mass is 10.1. The Hall–Kier alpha value is -1.74. The van der Waals surface area contributed by atoms with E-state index in [2.05, 4.69) is 9.97 Å². The van der Waals surface area contributed by atoms with Crippen LogP contribution in [0.15, 0.2) is 18.6 Å². The van der Waals surface area contributed by atoms with E-state index in [0.717, 1.165) is 0 Å². The minimum atomic E-state index is -1.15. The first-order valence-electron chi connectivity index (χ1n) is 5.83. The summed E-state index contributed by atoms with van der Waals surface area (Å²) in [6.07, 6.45) is -0.975.